The highest BCUT2D eigenvalue weighted by Crippen LogP contribution is 2.27. The van der Waals surface area contributed by atoms with E-state index in [0.717, 1.165) is 0 Å². The van der Waals surface area contributed by atoms with Gasteiger partial charge in [0.1, 0.15) is 12.1 Å². The number of ether oxygens (including phenoxy) is 1. The van der Waals surface area contributed by atoms with Crippen molar-refractivity contribution < 1.29 is 22.3 Å². The van der Waals surface area contributed by atoms with E-state index in [1.54, 1.807) is 13.8 Å². The Kier molecular flexibility index (Phi) is 4.95. The van der Waals surface area contributed by atoms with E-state index >= 15 is 0 Å². The maximum atomic E-state index is 13.4. The minimum Gasteiger partial charge on any atom is -0.484 e. The summed E-state index contributed by atoms with van der Waals surface area (Å²) in [5.74, 6) is -7.55. The zero-order chi connectivity index (χ0) is 15.5. The second kappa shape index (κ2) is 6.09. The lowest BCUT2D eigenvalue weighted by molar-refractivity contribution is 0.204. The van der Waals surface area contributed by atoms with Gasteiger partial charge in [0.25, 0.3) is 0 Å². The van der Waals surface area contributed by atoms with Crippen LogP contribution in [-0.4, -0.2) is 18.2 Å². The summed E-state index contributed by atoms with van der Waals surface area (Å²) in [6, 6.07) is 1.88. The van der Waals surface area contributed by atoms with Crippen LogP contribution in [0.25, 0.3) is 0 Å². The van der Waals surface area contributed by atoms with Crippen LogP contribution in [0.1, 0.15) is 20.8 Å². The Hall–Kier alpha value is -1.81. The van der Waals surface area contributed by atoms with E-state index in [1.165, 1.54) is 6.92 Å². The number of benzene rings is 1. The number of nitrogens with zero attached hydrogens (tertiary/aromatic N) is 1. The van der Waals surface area contributed by atoms with Gasteiger partial charge in [0.15, 0.2) is 17.4 Å². The summed E-state index contributed by atoms with van der Waals surface area (Å²) in [4.78, 5) is 0. The predicted octanol–water partition coefficient (Wildman–Crippen LogP) is 2.90. The molecule has 1 rings (SSSR count). The van der Waals surface area contributed by atoms with Crippen molar-refractivity contribution in [1.82, 2.24) is 5.32 Å². The monoisotopic (exact) mass is 290 g/mol. The van der Waals surface area contributed by atoms with Gasteiger partial charge in [-0.05, 0) is 20.8 Å². The third-order valence-corrected chi connectivity index (χ3v) is 2.43. The molecule has 0 bridgehead atoms. The molecule has 1 unspecified atom stereocenters. The fourth-order valence-electron chi connectivity index (χ4n) is 1.64. The van der Waals surface area contributed by atoms with Crippen molar-refractivity contribution in [3.8, 4) is 11.8 Å². The van der Waals surface area contributed by atoms with Crippen LogP contribution >= 0.6 is 0 Å². The van der Waals surface area contributed by atoms with Gasteiger partial charge in [-0.1, -0.05) is 0 Å². The third-order valence-electron chi connectivity index (χ3n) is 2.43. The Morgan fingerprint density at radius 3 is 2.15 bits per heavy atom. The van der Waals surface area contributed by atoms with Gasteiger partial charge in [-0.15, -0.1) is 0 Å². The average molecular weight is 290 g/mol. The molecule has 20 heavy (non-hydrogen) atoms. The van der Waals surface area contributed by atoms with Gasteiger partial charge in [-0.3, -0.25) is 5.32 Å². The van der Waals surface area contributed by atoms with Gasteiger partial charge in [0.05, 0.1) is 6.07 Å². The van der Waals surface area contributed by atoms with Crippen molar-refractivity contribution in [1.29, 1.82) is 5.26 Å². The SMILES string of the molecule is CC(C)NC(C)(C#N)COc1c(F)c(F)cc(F)c1F. The van der Waals surface area contributed by atoms with Crippen LogP contribution in [0.5, 0.6) is 5.75 Å². The van der Waals surface area contributed by atoms with E-state index < -0.39 is 41.2 Å². The number of hydrogen-bond donors (Lipinski definition) is 1. The summed E-state index contributed by atoms with van der Waals surface area (Å²) >= 11 is 0. The lowest BCUT2D eigenvalue weighted by atomic mass is 10.1. The highest BCUT2D eigenvalue weighted by molar-refractivity contribution is 5.29. The first kappa shape index (κ1) is 16.2. The molecular formula is C13H14F4N2O. The zero-order valence-corrected chi connectivity index (χ0v) is 11.2. The standard InChI is InChI=1S/C13H14F4N2O/c1-7(2)19-13(3,5-18)6-20-12-10(16)8(14)4-9(15)11(12)17/h4,7,19H,6H2,1-3H3. The Labute approximate surface area is 114 Å². The van der Waals surface area contributed by atoms with Crippen LogP contribution in [0, 0.1) is 34.6 Å². The normalized spacial score (nSPS) is 13.9. The number of rotatable bonds is 5. The highest BCUT2D eigenvalue weighted by atomic mass is 19.2. The fourth-order valence-corrected chi connectivity index (χ4v) is 1.64. The molecule has 0 aliphatic rings. The van der Waals surface area contributed by atoms with E-state index in [0.29, 0.717) is 0 Å². The first-order valence-corrected chi connectivity index (χ1v) is 5.85. The lowest BCUT2D eigenvalue weighted by Gasteiger charge is -2.26. The molecule has 1 atom stereocenters. The van der Waals surface area contributed by atoms with E-state index in [2.05, 4.69) is 5.32 Å². The van der Waals surface area contributed by atoms with E-state index in [1.807, 2.05) is 6.07 Å². The fraction of sp³-hybridized carbons (Fsp3) is 0.462. The summed E-state index contributed by atoms with van der Waals surface area (Å²) in [6.07, 6.45) is 0. The molecule has 0 aromatic heterocycles. The first-order valence-electron chi connectivity index (χ1n) is 5.85. The molecule has 110 valence electrons. The van der Waals surface area contributed by atoms with Crippen LogP contribution in [-0.2, 0) is 0 Å². The molecule has 0 spiro atoms. The Bertz CT molecular complexity index is 516. The molecule has 0 fully saturated rings. The number of halogens is 4. The summed E-state index contributed by atoms with van der Waals surface area (Å²) in [6.45, 7) is 4.49. The van der Waals surface area contributed by atoms with Gasteiger partial charge in [0.2, 0.25) is 11.6 Å². The van der Waals surface area contributed by atoms with Gasteiger partial charge in [0, 0.05) is 12.1 Å². The maximum absolute atomic E-state index is 13.4. The molecular weight excluding hydrogens is 276 g/mol. The molecule has 0 saturated carbocycles. The van der Waals surface area contributed by atoms with Crippen LogP contribution in [0.3, 0.4) is 0 Å². The largest absolute Gasteiger partial charge is 0.484 e. The molecule has 0 saturated heterocycles. The average Bonchev–Trinajstić information content (AvgIpc) is 2.35. The highest BCUT2D eigenvalue weighted by Gasteiger charge is 2.28. The molecule has 1 aromatic rings. The van der Waals surface area contributed by atoms with Crippen molar-refractivity contribution in [3.05, 3.63) is 29.3 Å². The number of nitriles is 1. The van der Waals surface area contributed by atoms with Crippen LogP contribution < -0.4 is 10.1 Å². The predicted molar refractivity (Wildman–Crippen MR) is 64.1 cm³/mol. The summed E-state index contributed by atoms with van der Waals surface area (Å²) in [7, 11) is 0. The zero-order valence-electron chi connectivity index (χ0n) is 11.2. The van der Waals surface area contributed by atoms with E-state index in [4.69, 9.17) is 10.00 Å². The Balaban J connectivity index is 2.98. The van der Waals surface area contributed by atoms with Crippen molar-refractivity contribution in [3.63, 3.8) is 0 Å². The maximum Gasteiger partial charge on any atom is 0.203 e. The van der Waals surface area contributed by atoms with Crippen molar-refractivity contribution >= 4 is 0 Å². The molecule has 0 amide bonds. The quantitative estimate of drug-likeness (QED) is 0.670. The lowest BCUT2D eigenvalue weighted by Crippen LogP contribution is -2.49. The third kappa shape index (κ3) is 3.61. The molecule has 3 nitrogen and oxygen atoms in total. The molecule has 7 heteroatoms. The van der Waals surface area contributed by atoms with Crippen LogP contribution in [0.2, 0.25) is 0 Å². The minimum absolute atomic E-state index is 0.0907. The van der Waals surface area contributed by atoms with Gasteiger partial charge >= 0.3 is 0 Å². The molecule has 1 N–H and O–H groups in total. The Morgan fingerprint density at radius 2 is 1.75 bits per heavy atom. The van der Waals surface area contributed by atoms with E-state index in [-0.39, 0.29) is 12.1 Å². The minimum atomic E-state index is -1.63. The number of nitrogens with one attached hydrogen (secondary N) is 1. The number of hydrogen-bond acceptors (Lipinski definition) is 3. The first-order chi connectivity index (χ1) is 9.20. The van der Waals surface area contributed by atoms with Crippen LogP contribution in [0.4, 0.5) is 17.6 Å². The topological polar surface area (TPSA) is 45.0 Å². The van der Waals surface area contributed by atoms with Gasteiger partial charge in [-0.25, -0.2) is 8.78 Å². The van der Waals surface area contributed by atoms with Crippen molar-refractivity contribution in [2.75, 3.05) is 6.61 Å². The molecule has 1 aromatic carbocycles. The van der Waals surface area contributed by atoms with Crippen LogP contribution in [0.15, 0.2) is 6.07 Å². The summed E-state index contributed by atoms with van der Waals surface area (Å²) in [5, 5.41) is 11.9. The van der Waals surface area contributed by atoms with Gasteiger partial charge in [-0.2, -0.15) is 14.0 Å². The summed E-state index contributed by atoms with van der Waals surface area (Å²) < 4.78 is 57.5. The molecule has 0 aliphatic heterocycles. The Morgan fingerprint density at radius 1 is 1.25 bits per heavy atom. The van der Waals surface area contributed by atoms with E-state index in [9.17, 15) is 17.6 Å². The van der Waals surface area contributed by atoms with Gasteiger partial charge < -0.3 is 4.74 Å². The smallest absolute Gasteiger partial charge is 0.203 e. The second-order valence-electron chi connectivity index (χ2n) is 4.83. The molecule has 0 radical (unpaired) electrons. The second-order valence-corrected chi connectivity index (χ2v) is 4.83. The molecule has 0 aliphatic carbocycles. The van der Waals surface area contributed by atoms with Crippen molar-refractivity contribution in [2.45, 2.75) is 32.4 Å². The summed E-state index contributed by atoms with van der Waals surface area (Å²) in [5.41, 5.74) is -1.25. The molecule has 0 heterocycles. The van der Waals surface area contributed by atoms with Crippen molar-refractivity contribution in [2.24, 2.45) is 0 Å².